The highest BCUT2D eigenvalue weighted by Gasteiger charge is 2.43. The highest BCUT2D eigenvalue weighted by atomic mass is 32.1. The number of alkyl halides is 3. The molecule has 0 radical (unpaired) electrons. The molecule has 0 aliphatic carbocycles. The van der Waals surface area contributed by atoms with Crippen molar-refractivity contribution < 1.29 is 27.2 Å². The number of nitrogens with one attached hydrogen (secondary N) is 1. The number of carbonyl (C=O) groups is 2. The van der Waals surface area contributed by atoms with Gasteiger partial charge in [-0.05, 0) is 45.0 Å². The zero-order valence-corrected chi connectivity index (χ0v) is 24.3. The Morgan fingerprint density at radius 1 is 1.19 bits per heavy atom. The van der Waals surface area contributed by atoms with Crippen molar-refractivity contribution in [2.45, 2.75) is 45.1 Å². The maximum Gasteiger partial charge on any atom is 0.414 e. The fourth-order valence-corrected chi connectivity index (χ4v) is 6.22. The van der Waals surface area contributed by atoms with Crippen molar-refractivity contribution in [3.8, 4) is 0 Å². The Hall–Kier alpha value is -3.42. The molecule has 4 heterocycles. The van der Waals surface area contributed by atoms with Gasteiger partial charge in [-0.25, -0.2) is 14.4 Å². The lowest BCUT2D eigenvalue weighted by molar-refractivity contribution is -0.124. The number of benzene rings is 1. The number of rotatable bonds is 6. The van der Waals surface area contributed by atoms with E-state index < -0.39 is 35.3 Å². The first-order chi connectivity index (χ1) is 19.9. The van der Waals surface area contributed by atoms with E-state index in [1.165, 1.54) is 12.1 Å². The Bertz CT molecular complexity index is 1430. The van der Waals surface area contributed by atoms with Crippen molar-refractivity contribution in [2.24, 2.45) is 10.9 Å². The minimum absolute atomic E-state index is 0.112. The number of piperazine rings is 1. The first-order valence-electron chi connectivity index (χ1n) is 13.7. The number of dihydropyridines is 1. The van der Waals surface area contributed by atoms with E-state index in [1.54, 1.807) is 17.5 Å². The van der Waals surface area contributed by atoms with E-state index in [4.69, 9.17) is 0 Å². The van der Waals surface area contributed by atoms with Gasteiger partial charge in [-0.15, -0.1) is 11.3 Å². The van der Waals surface area contributed by atoms with E-state index in [0.29, 0.717) is 57.1 Å². The van der Waals surface area contributed by atoms with E-state index >= 15 is 4.39 Å². The lowest BCUT2D eigenvalue weighted by Crippen LogP contribution is -2.55. The van der Waals surface area contributed by atoms with Gasteiger partial charge in [0.2, 0.25) is 5.91 Å². The van der Waals surface area contributed by atoms with E-state index in [0.717, 1.165) is 10.6 Å². The third kappa shape index (κ3) is 6.47. The minimum Gasteiger partial charge on any atom is -0.367 e. The molecule has 0 bridgehead atoms. The molecule has 13 heteroatoms. The Kier molecular flexibility index (Phi) is 8.63. The number of likely N-dealkylation sites (N-methyl/N-ethyl adjacent to an activating group) is 1. The Balaban J connectivity index is 1.47. The van der Waals surface area contributed by atoms with Crippen molar-refractivity contribution in [1.82, 2.24) is 14.8 Å². The van der Waals surface area contributed by atoms with Crippen LogP contribution >= 0.6 is 11.3 Å². The molecule has 0 saturated carbocycles. The van der Waals surface area contributed by atoms with Crippen LogP contribution < -0.4 is 10.2 Å². The first kappa shape index (κ1) is 30.1. The van der Waals surface area contributed by atoms with E-state index in [1.807, 2.05) is 37.3 Å². The summed E-state index contributed by atoms with van der Waals surface area (Å²) in [6.45, 7) is 7.07. The standard InChI is InChI=1S/C29H32F4N6O2S/c1-17-14-39(15-18(2)37(17)3)25-12-23(30)20(19-4-7-38(8-5-19)16-27-34-6-9-42-27)10-24(25)36-28(41)21-13-35-26(40)11-22(21)29(31,32)33/h4,6,9-13,17-18,21H,5,7-8,14-16H2,1-3H3,(H,36,41)/t17-,18+,21?. The number of hydrogen-bond donors (Lipinski definition) is 1. The third-order valence-corrected chi connectivity index (χ3v) is 8.86. The molecule has 2 amide bonds. The largest absolute Gasteiger partial charge is 0.414 e. The van der Waals surface area contributed by atoms with Gasteiger partial charge in [0.15, 0.2) is 0 Å². The number of halogens is 4. The summed E-state index contributed by atoms with van der Waals surface area (Å²) >= 11 is 1.57. The highest BCUT2D eigenvalue weighted by Crippen LogP contribution is 2.38. The van der Waals surface area contributed by atoms with Crippen molar-refractivity contribution in [3.05, 3.63) is 57.8 Å². The molecule has 3 aliphatic heterocycles. The zero-order chi connectivity index (χ0) is 30.2. The van der Waals surface area contributed by atoms with Gasteiger partial charge >= 0.3 is 6.18 Å². The third-order valence-electron chi connectivity index (χ3n) is 8.10. The summed E-state index contributed by atoms with van der Waals surface area (Å²) in [6.07, 6.45) is 0.395. The molecule has 224 valence electrons. The molecule has 42 heavy (non-hydrogen) atoms. The Morgan fingerprint density at radius 3 is 2.55 bits per heavy atom. The van der Waals surface area contributed by atoms with Crippen LogP contribution in [-0.4, -0.2) is 84.3 Å². The normalized spacial score (nSPS) is 24.0. The average Bonchev–Trinajstić information content (AvgIpc) is 3.45. The number of nitrogens with zero attached hydrogens (tertiary/aromatic N) is 5. The lowest BCUT2D eigenvalue weighted by atomic mass is 9.95. The molecule has 5 rings (SSSR count). The van der Waals surface area contributed by atoms with Crippen LogP contribution in [0.2, 0.25) is 0 Å². The molecule has 1 N–H and O–H groups in total. The van der Waals surface area contributed by atoms with Gasteiger partial charge in [-0.2, -0.15) is 13.2 Å². The van der Waals surface area contributed by atoms with Crippen molar-refractivity contribution in [1.29, 1.82) is 0 Å². The SMILES string of the molecule is C[C@@H]1CN(c2cc(F)c(C3=CCN(Cc4nccs4)CC3)cc2NC(=O)C2C=NC(=O)C=C2C(F)(F)F)C[C@H](C)N1C. The van der Waals surface area contributed by atoms with Gasteiger partial charge in [0.25, 0.3) is 5.91 Å². The van der Waals surface area contributed by atoms with E-state index in [9.17, 15) is 22.8 Å². The summed E-state index contributed by atoms with van der Waals surface area (Å²) < 4.78 is 57.0. The summed E-state index contributed by atoms with van der Waals surface area (Å²) in [5.41, 5.74) is 0.349. The van der Waals surface area contributed by atoms with Crippen molar-refractivity contribution in [3.63, 3.8) is 0 Å². The van der Waals surface area contributed by atoms with Crippen LogP contribution in [0.4, 0.5) is 28.9 Å². The second kappa shape index (κ2) is 12.1. The van der Waals surface area contributed by atoms with Gasteiger partial charge in [-0.1, -0.05) is 6.08 Å². The monoisotopic (exact) mass is 604 g/mol. The molecule has 1 saturated heterocycles. The topological polar surface area (TPSA) is 81.1 Å². The van der Waals surface area contributed by atoms with Gasteiger partial charge in [0, 0.05) is 67.7 Å². The summed E-state index contributed by atoms with van der Waals surface area (Å²) in [5.74, 6) is -4.37. The van der Waals surface area contributed by atoms with Crippen LogP contribution in [0.25, 0.3) is 5.57 Å². The highest BCUT2D eigenvalue weighted by molar-refractivity contribution is 7.09. The fourth-order valence-electron chi connectivity index (χ4n) is 5.56. The predicted octanol–water partition coefficient (Wildman–Crippen LogP) is 4.75. The number of anilines is 2. The molecule has 1 unspecified atom stereocenters. The van der Waals surface area contributed by atoms with Crippen LogP contribution in [0.3, 0.4) is 0 Å². The zero-order valence-electron chi connectivity index (χ0n) is 23.5. The summed E-state index contributed by atoms with van der Waals surface area (Å²) in [5, 5.41) is 5.54. The van der Waals surface area contributed by atoms with E-state index in [2.05, 4.69) is 25.1 Å². The molecule has 1 aromatic carbocycles. The van der Waals surface area contributed by atoms with Crippen LogP contribution in [0.15, 0.2) is 46.4 Å². The predicted molar refractivity (Wildman–Crippen MR) is 155 cm³/mol. The van der Waals surface area contributed by atoms with Gasteiger partial charge < -0.3 is 10.2 Å². The number of aromatic nitrogens is 1. The minimum atomic E-state index is -4.90. The quantitative estimate of drug-likeness (QED) is 0.480. The smallest absolute Gasteiger partial charge is 0.367 e. The van der Waals surface area contributed by atoms with Crippen LogP contribution in [0.1, 0.15) is 30.8 Å². The Morgan fingerprint density at radius 2 is 1.93 bits per heavy atom. The number of hydrogen-bond acceptors (Lipinski definition) is 7. The van der Waals surface area contributed by atoms with Gasteiger partial charge in [-0.3, -0.25) is 19.4 Å². The Labute approximate surface area is 245 Å². The van der Waals surface area contributed by atoms with E-state index in [-0.39, 0.29) is 23.3 Å². The van der Waals surface area contributed by atoms with Gasteiger partial charge in [0.05, 0.1) is 23.5 Å². The van der Waals surface area contributed by atoms with Crippen molar-refractivity contribution >= 4 is 46.3 Å². The molecule has 2 aromatic rings. The molecular formula is C29H32F4N6O2S. The number of aliphatic imine (C=N–C) groups is 1. The van der Waals surface area contributed by atoms with Crippen LogP contribution in [0.5, 0.6) is 0 Å². The van der Waals surface area contributed by atoms with Crippen molar-refractivity contribution in [2.75, 3.05) is 43.4 Å². The molecule has 3 atom stereocenters. The number of amides is 2. The summed E-state index contributed by atoms with van der Waals surface area (Å²) in [7, 11) is 2.00. The van der Waals surface area contributed by atoms with Crippen LogP contribution in [-0.2, 0) is 16.1 Å². The second-order valence-corrected chi connectivity index (χ2v) is 11.9. The second-order valence-electron chi connectivity index (χ2n) is 10.9. The number of thiazole rings is 1. The fraction of sp³-hybridized carbons (Fsp3) is 0.448. The maximum absolute atomic E-state index is 15.8. The lowest BCUT2D eigenvalue weighted by Gasteiger charge is -2.44. The molecule has 0 spiro atoms. The van der Waals surface area contributed by atoms with Crippen LogP contribution in [0, 0.1) is 11.7 Å². The maximum atomic E-state index is 15.8. The molecule has 1 aromatic heterocycles. The number of carbonyl (C=O) groups excluding carboxylic acids is 2. The summed E-state index contributed by atoms with van der Waals surface area (Å²) in [4.78, 5) is 39.0. The molecule has 3 aliphatic rings. The van der Waals surface area contributed by atoms with Gasteiger partial charge in [0.1, 0.15) is 16.7 Å². The molecular weight excluding hydrogens is 572 g/mol. The summed E-state index contributed by atoms with van der Waals surface area (Å²) in [6, 6.07) is 3.10. The average molecular weight is 605 g/mol. The molecule has 1 fully saturated rings. The molecule has 8 nitrogen and oxygen atoms in total. The first-order valence-corrected chi connectivity index (χ1v) is 14.6.